The minimum atomic E-state index is -0.248. The number of methoxy groups -OCH3 is 1. The SMILES string of the molecule is COc1cc(-c2cnc(Nc3ccc4[nH]ncc4c3)o2)ccc1OCCc1ccc(F)cc1. The second-order valence-corrected chi connectivity index (χ2v) is 7.42. The van der Waals surface area contributed by atoms with Gasteiger partial charge in [0, 0.05) is 23.1 Å². The van der Waals surface area contributed by atoms with E-state index in [1.165, 1.54) is 12.1 Å². The van der Waals surface area contributed by atoms with Crippen LogP contribution in [0.15, 0.2) is 77.5 Å². The van der Waals surface area contributed by atoms with E-state index in [9.17, 15) is 4.39 Å². The van der Waals surface area contributed by atoms with Crippen molar-refractivity contribution in [3.05, 3.63) is 84.4 Å². The Morgan fingerprint density at radius 1 is 1.00 bits per heavy atom. The van der Waals surface area contributed by atoms with E-state index in [1.54, 1.807) is 31.6 Å². The first-order valence-corrected chi connectivity index (χ1v) is 10.4. The Bertz CT molecular complexity index is 1380. The van der Waals surface area contributed by atoms with Gasteiger partial charge in [0.1, 0.15) is 5.82 Å². The van der Waals surface area contributed by atoms with Crippen molar-refractivity contribution in [1.29, 1.82) is 0 Å². The molecule has 0 amide bonds. The van der Waals surface area contributed by atoms with Crippen LogP contribution in [0.3, 0.4) is 0 Å². The molecule has 0 spiro atoms. The Morgan fingerprint density at radius 3 is 2.73 bits per heavy atom. The second kappa shape index (κ2) is 9.04. The molecule has 0 atom stereocenters. The normalized spacial score (nSPS) is 11.0. The molecule has 166 valence electrons. The largest absolute Gasteiger partial charge is 0.493 e. The smallest absolute Gasteiger partial charge is 0.299 e. The molecule has 0 fully saturated rings. The number of nitrogens with zero attached hydrogens (tertiary/aromatic N) is 2. The lowest BCUT2D eigenvalue weighted by molar-refractivity contribution is 0.297. The molecule has 3 aromatic carbocycles. The molecule has 0 radical (unpaired) electrons. The summed E-state index contributed by atoms with van der Waals surface area (Å²) in [6, 6.07) is 18.2. The molecule has 0 aliphatic heterocycles. The van der Waals surface area contributed by atoms with E-state index in [2.05, 4.69) is 20.5 Å². The van der Waals surface area contributed by atoms with Crippen molar-refractivity contribution in [2.45, 2.75) is 6.42 Å². The molecule has 0 unspecified atom stereocenters. The zero-order valence-electron chi connectivity index (χ0n) is 17.8. The maximum Gasteiger partial charge on any atom is 0.299 e. The quantitative estimate of drug-likeness (QED) is 0.318. The third-order valence-electron chi connectivity index (χ3n) is 5.21. The van der Waals surface area contributed by atoms with Gasteiger partial charge in [-0.1, -0.05) is 12.1 Å². The highest BCUT2D eigenvalue weighted by atomic mass is 19.1. The average Bonchev–Trinajstić information content (AvgIpc) is 3.50. The van der Waals surface area contributed by atoms with E-state index in [1.807, 2.05) is 36.4 Å². The van der Waals surface area contributed by atoms with Gasteiger partial charge in [0.2, 0.25) is 0 Å². The number of nitrogens with one attached hydrogen (secondary N) is 2. The zero-order valence-corrected chi connectivity index (χ0v) is 17.8. The highest BCUT2D eigenvalue weighted by molar-refractivity contribution is 5.82. The maximum absolute atomic E-state index is 13.0. The van der Waals surface area contributed by atoms with Crippen LogP contribution in [-0.4, -0.2) is 28.9 Å². The van der Waals surface area contributed by atoms with E-state index >= 15 is 0 Å². The summed E-state index contributed by atoms with van der Waals surface area (Å²) in [4.78, 5) is 4.32. The number of H-pyrrole nitrogens is 1. The van der Waals surface area contributed by atoms with Crippen molar-refractivity contribution in [1.82, 2.24) is 15.2 Å². The van der Waals surface area contributed by atoms with E-state index in [4.69, 9.17) is 13.9 Å². The number of aromatic amines is 1. The number of hydrogen-bond acceptors (Lipinski definition) is 6. The number of hydrogen-bond donors (Lipinski definition) is 2. The van der Waals surface area contributed by atoms with Crippen LogP contribution in [0.5, 0.6) is 11.5 Å². The molecule has 2 aromatic heterocycles. The van der Waals surface area contributed by atoms with Gasteiger partial charge in [0.25, 0.3) is 6.01 Å². The van der Waals surface area contributed by atoms with Crippen LogP contribution in [0.4, 0.5) is 16.1 Å². The first-order chi connectivity index (χ1) is 16.2. The summed E-state index contributed by atoms with van der Waals surface area (Å²) in [6.45, 7) is 0.443. The van der Waals surface area contributed by atoms with Gasteiger partial charge >= 0.3 is 0 Å². The standard InChI is InChI=1S/C25H21FN4O3/c1-31-23-13-17(4-9-22(23)32-11-10-16-2-5-19(26)6-3-16)24-15-27-25(33-24)29-20-7-8-21-18(12-20)14-28-30-21/h2-9,12-15H,10-11H2,1H3,(H,27,29)(H,28,30). The highest BCUT2D eigenvalue weighted by Gasteiger charge is 2.12. The fourth-order valence-corrected chi connectivity index (χ4v) is 3.48. The molecule has 0 saturated heterocycles. The van der Waals surface area contributed by atoms with Gasteiger partial charge in [0.15, 0.2) is 17.3 Å². The Morgan fingerprint density at radius 2 is 1.88 bits per heavy atom. The van der Waals surface area contributed by atoms with Gasteiger partial charge in [-0.3, -0.25) is 5.10 Å². The number of halogens is 1. The maximum atomic E-state index is 13.0. The van der Waals surface area contributed by atoms with Gasteiger partial charge in [-0.15, -0.1) is 0 Å². The van der Waals surface area contributed by atoms with Crippen molar-refractivity contribution in [3.63, 3.8) is 0 Å². The topological polar surface area (TPSA) is 85.2 Å². The monoisotopic (exact) mass is 444 g/mol. The van der Waals surface area contributed by atoms with Gasteiger partial charge in [-0.25, -0.2) is 9.37 Å². The molecule has 2 N–H and O–H groups in total. The molecule has 2 heterocycles. The van der Waals surface area contributed by atoms with Crippen LogP contribution >= 0.6 is 0 Å². The third kappa shape index (κ3) is 4.64. The minimum Gasteiger partial charge on any atom is -0.493 e. The van der Waals surface area contributed by atoms with Crippen LogP contribution in [0.1, 0.15) is 5.56 Å². The molecule has 33 heavy (non-hydrogen) atoms. The van der Waals surface area contributed by atoms with E-state index in [0.717, 1.165) is 27.7 Å². The Kier molecular flexibility index (Phi) is 5.63. The van der Waals surface area contributed by atoms with Crippen molar-refractivity contribution in [3.8, 4) is 22.8 Å². The van der Waals surface area contributed by atoms with Crippen molar-refractivity contribution in [2.24, 2.45) is 0 Å². The highest BCUT2D eigenvalue weighted by Crippen LogP contribution is 2.34. The lowest BCUT2D eigenvalue weighted by Crippen LogP contribution is -2.02. The number of aromatic nitrogens is 3. The zero-order chi connectivity index (χ0) is 22.6. The lowest BCUT2D eigenvalue weighted by atomic mass is 10.1. The Hall–Kier alpha value is -4.33. The molecule has 7 nitrogen and oxygen atoms in total. The summed E-state index contributed by atoms with van der Waals surface area (Å²) in [6.07, 6.45) is 4.08. The molecule has 8 heteroatoms. The first-order valence-electron chi connectivity index (χ1n) is 10.4. The number of rotatable bonds is 8. The molecule has 0 saturated carbocycles. The van der Waals surface area contributed by atoms with Crippen molar-refractivity contribution in [2.75, 3.05) is 19.0 Å². The number of ether oxygens (including phenoxy) is 2. The van der Waals surface area contributed by atoms with Gasteiger partial charge in [-0.05, 0) is 54.1 Å². The van der Waals surface area contributed by atoms with Gasteiger partial charge < -0.3 is 19.2 Å². The number of benzene rings is 3. The summed E-state index contributed by atoms with van der Waals surface area (Å²) in [7, 11) is 1.59. The molecule has 0 aliphatic rings. The summed E-state index contributed by atoms with van der Waals surface area (Å²) in [5.41, 5.74) is 3.62. The minimum absolute atomic E-state index is 0.248. The van der Waals surface area contributed by atoms with Crippen LogP contribution in [0.25, 0.3) is 22.2 Å². The third-order valence-corrected chi connectivity index (χ3v) is 5.21. The average molecular weight is 444 g/mol. The predicted octanol–water partition coefficient (Wildman–Crippen LogP) is 5.73. The lowest BCUT2D eigenvalue weighted by Gasteiger charge is -2.11. The molecular formula is C25H21FN4O3. The van der Waals surface area contributed by atoms with Crippen molar-refractivity contribution < 1.29 is 18.3 Å². The van der Waals surface area contributed by atoms with E-state index in [-0.39, 0.29) is 5.82 Å². The van der Waals surface area contributed by atoms with Crippen LogP contribution in [-0.2, 0) is 6.42 Å². The van der Waals surface area contributed by atoms with Crippen LogP contribution < -0.4 is 14.8 Å². The number of oxazole rings is 1. The van der Waals surface area contributed by atoms with Crippen LogP contribution in [0.2, 0.25) is 0 Å². The summed E-state index contributed by atoms with van der Waals surface area (Å²) >= 11 is 0. The van der Waals surface area contributed by atoms with Gasteiger partial charge in [-0.2, -0.15) is 5.10 Å². The van der Waals surface area contributed by atoms with E-state index in [0.29, 0.717) is 36.3 Å². The van der Waals surface area contributed by atoms with Gasteiger partial charge in [0.05, 0.1) is 31.6 Å². The van der Waals surface area contributed by atoms with Crippen molar-refractivity contribution >= 4 is 22.6 Å². The van der Waals surface area contributed by atoms with E-state index < -0.39 is 0 Å². The summed E-state index contributed by atoms with van der Waals surface area (Å²) in [5, 5.41) is 11.1. The molecule has 5 aromatic rings. The fourth-order valence-electron chi connectivity index (χ4n) is 3.48. The molecule has 0 aliphatic carbocycles. The summed E-state index contributed by atoms with van der Waals surface area (Å²) < 4.78 is 30.3. The predicted molar refractivity (Wildman–Crippen MR) is 123 cm³/mol. The Balaban J connectivity index is 1.26. The second-order valence-electron chi connectivity index (χ2n) is 7.42. The molecular weight excluding hydrogens is 423 g/mol. The fraction of sp³-hybridized carbons (Fsp3) is 0.120. The summed E-state index contributed by atoms with van der Waals surface area (Å²) in [5.74, 6) is 1.55. The molecule has 5 rings (SSSR count). The first kappa shape index (κ1) is 20.6. The van der Waals surface area contributed by atoms with Crippen LogP contribution in [0, 0.1) is 5.82 Å². The Labute approximate surface area is 189 Å². The number of fused-ring (bicyclic) bond motifs is 1. The molecule has 0 bridgehead atoms. The number of anilines is 2.